The van der Waals surface area contributed by atoms with E-state index < -0.39 is 16.4 Å². The van der Waals surface area contributed by atoms with Gasteiger partial charge in [0, 0.05) is 12.6 Å². The molecule has 1 atom stereocenters. The highest BCUT2D eigenvalue weighted by Crippen LogP contribution is 2.34. The van der Waals surface area contributed by atoms with Gasteiger partial charge in [-0.25, -0.2) is 0 Å². The van der Waals surface area contributed by atoms with Gasteiger partial charge < -0.3 is 4.90 Å². The van der Waals surface area contributed by atoms with Crippen LogP contribution in [-0.4, -0.2) is 17.5 Å². The standard InChI is InChI=1S/C11H13FN2O2/c1-8-4-3-7-13(8)10-6-2-5-9(12)11(10)14(15)16/h2,5-6,8H,3-4,7H2,1H3. The Labute approximate surface area is 92.8 Å². The van der Waals surface area contributed by atoms with E-state index in [1.165, 1.54) is 6.07 Å². The molecule has 86 valence electrons. The average Bonchev–Trinajstić information content (AvgIpc) is 2.63. The van der Waals surface area contributed by atoms with Gasteiger partial charge in [-0.3, -0.25) is 10.1 Å². The minimum Gasteiger partial charge on any atom is -0.363 e. The molecule has 5 heteroatoms. The van der Waals surface area contributed by atoms with Crippen LogP contribution in [0.25, 0.3) is 0 Å². The van der Waals surface area contributed by atoms with Gasteiger partial charge in [-0.05, 0) is 31.9 Å². The molecule has 0 spiro atoms. The van der Waals surface area contributed by atoms with E-state index in [4.69, 9.17) is 0 Å². The second-order valence-electron chi connectivity index (χ2n) is 4.05. The van der Waals surface area contributed by atoms with Crippen molar-refractivity contribution in [2.75, 3.05) is 11.4 Å². The van der Waals surface area contributed by atoms with E-state index in [2.05, 4.69) is 0 Å². The van der Waals surface area contributed by atoms with Gasteiger partial charge in [-0.1, -0.05) is 6.07 Å². The summed E-state index contributed by atoms with van der Waals surface area (Å²) in [5, 5.41) is 10.8. The van der Waals surface area contributed by atoms with Crippen LogP contribution >= 0.6 is 0 Å². The van der Waals surface area contributed by atoms with Crippen molar-refractivity contribution in [3.05, 3.63) is 34.1 Å². The van der Waals surface area contributed by atoms with Gasteiger partial charge in [0.25, 0.3) is 0 Å². The van der Waals surface area contributed by atoms with Crippen LogP contribution in [0, 0.1) is 15.9 Å². The molecule has 1 saturated heterocycles. The van der Waals surface area contributed by atoms with Crippen LogP contribution in [0.1, 0.15) is 19.8 Å². The van der Waals surface area contributed by atoms with Gasteiger partial charge in [0.2, 0.25) is 5.82 Å². The first-order chi connectivity index (χ1) is 7.61. The lowest BCUT2D eigenvalue weighted by Crippen LogP contribution is -2.27. The molecule has 0 N–H and O–H groups in total. The Hall–Kier alpha value is -1.65. The van der Waals surface area contributed by atoms with E-state index in [1.54, 1.807) is 6.07 Å². The predicted octanol–water partition coefficient (Wildman–Crippen LogP) is 2.72. The lowest BCUT2D eigenvalue weighted by atomic mass is 10.2. The fourth-order valence-electron chi connectivity index (χ4n) is 2.21. The largest absolute Gasteiger partial charge is 0.363 e. The van der Waals surface area contributed by atoms with Crippen LogP contribution in [0.15, 0.2) is 18.2 Å². The molecule has 1 aliphatic heterocycles. The van der Waals surface area contributed by atoms with Gasteiger partial charge in [-0.2, -0.15) is 4.39 Å². The van der Waals surface area contributed by atoms with E-state index >= 15 is 0 Å². The minimum absolute atomic E-state index is 0.237. The van der Waals surface area contributed by atoms with Gasteiger partial charge in [0.05, 0.1) is 4.92 Å². The number of para-hydroxylation sites is 1. The van der Waals surface area contributed by atoms with Crippen molar-refractivity contribution in [2.45, 2.75) is 25.8 Å². The Kier molecular flexibility index (Phi) is 2.77. The molecule has 1 aromatic rings. The summed E-state index contributed by atoms with van der Waals surface area (Å²) in [6.45, 7) is 2.76. The highest BCUT2D eigenvalue weighted by atomic mass is 19.1. The summed E-state index contributed by atoms with van der Waals surface area (Å²) in [4.78, 5) is 12.1. The van der Waals surface area contributed by atoms with E-state index in [9.17, 15) is 14.5 Å². The molecule has 0 saturated carbocycles. The van der Waals surface area contributed by atoms with Crippen molar-refractivity contribution >= 4 is 11.4 Å². The van der Waals surface area contributed by atoms with Gasteiger partial charge >= 0.3 is 5.69 Å². The monoisotopic (exact) mass is 224 g/mol. The fourth-order valence-corrected chi connectivity index (χ4v) is 2.21. The molecular formula is C11H13FN2O2. The average molecular weight is 224 g/mol. The maximum Gasteiger partial charge on any atom is 0.327 e. The number of nitro benzene ring substituents is 1. The SMILES string of the molecule is CC1CCCN1c1cccc(F)c1[N+](=O)[O-]. The molecule has 0 aliphatic carbocycles. The topological polar surface area (TPSA) is 46.4 Å². The summed E-state index contributed by atoms with van der Waals surface area (Å²) in [6, 6.07) is 4.49. The molecule has 1 heterocycles. The van der Waals surface area contributed by atoms with Crippen LogP contribution in [-0.2, 0) is 0 Å². The highest BCUT2D eigenvalue weighted by molar-refractivity contribution is 5.64. The molecular weight excluding hydrogens is 211 g/mol. The number of nitrogens with zero attached hydrogens (tertiary/aromatic N) is 2. The van der Waals surface area contributed by atoms with E-state index in [0.29, 0.717) is 5.69 Å². The zero-order valence-corrected chi connectivity index (χ0v) is 9.02. The number of hydrogen-bond acceptors (Lipinski definition) is 3. The van der Waals surface area contributed by atoms with Crippen LogP contribution in [0.5, 0.6) is 0 Å². The number of hydrogen-bond donors (Lipinski definition) is 0. The summed E-state index contributed by atoms with van der Waals surface area (Å²) < 4.78 is 13.4. The third-order valence-corrected chi connectivity index (χ3v) is 3.01. The molecule has 2 rings (SSSR count). The maximum atomic E-state index is 13.4. The first kappa shape index (κ1) is 10.9. The van der Waals surface area contributed by atoms with Crippen molar-refractivity contribution in [1.82, 2.24) is 0 Å². The molecule has 1 aromatic carbocycles. The third kappa shape index (κ3) is 1.73. The lowest BCUT2D eigenvalue weighted by Gasteiger charge is -2.23. The molecule has 0 bridgehead atoms. The number of anilines is 1. The Morgan fingerprint density at radius 2 is 2.31 bits per heavy atom. The molecule has 0 amide bonds. The maximum absolute atomic E-state index is 13.4. The minimum atomic E-state index is -0.762. The first-order valence-corrected chi connectivity index (χ1v) is 5.31. The highest BCUT2D eigenvalue weighted by Gasteiger charge is 2.29. The van der Waals surface area contributed by atoms with E-state index in [1.807, 2.05) is 11.8 Å². The number of rotatable bonds is 2. The zero-order valence-electron chi connectivity index (χ0n) is 9.02. The lowest BCUT2D eigenvalue weighted by molar-refractivity contribution is -0.386. The zero-order chi connectivity index (χ0) is 11.7. The summed E-state index contributed by atoms with van der Waals surface area (Å²) in [7, 11) is 0. The first-order valence-electron chi connectivity index (χ1n) is 5.31. The van der Waals surface area contributed by atoms with Crippen molar-refractivity contribution < 1.29 is 9.31 Å². The number of halogens is 1. The smallest absolute Gasteiger partial charge is 0.327 e. The molecule has 0 radical (unpaired) electrons. The molecule has 1 aliphatic rings. The Bertz CT molecular complexity index is 422. The summed E-state index contributed by atoms with van der Waals surface area (Å²) in [6.07, 6.45) is 1.99. The van der Waals surface area contributed by atoms with Gasteiger partial charge in [0.15, 0.2) is 0 Å². The van der Waals surface area contributed by atoms with Gasteiger partial charge in [0.1, 0.15) is 5.69 Å². The second kappa shape index (κ2) is 4.08. The third-order valence-electron chi connectivity index (χ3n) is 3.01. The predicted molar refractivity (Wildman–Crippen MR) is 59.1 cm³/mol. The van der Waals surface area contributed by atoms with Crippen molar-refractivity contribution in [2.24, 2.45) is 0 Å². The van der Waals surface area contributed by atoms with Crippen LogP contribution in [0.4, 0.5) is 15.8 Å². The fraction of sp³-hybridized carbons (Fsp3) is 0.455. The summed E-state index contributed by atoms with van der Waals surface area (Å²) in [5.74, 6) is -0.762. The van der Waals surface area contributed by atoms with Gasteiger partial charge in [-0.15, -0.1) is 0 Å². The molecule has 1 fully saturated rings. The Balaban J connectivity index is 2.47. The Morgan fingerprint density at radius 3 is 2.88 bits per heavy atom. The van der Waals surface area contributed by atoms with Crippen molar-refractivity contribution in [3.63, 3.8) is 0 Å². The Morgan fingerprint density at radius 1 is 1.56 bits per heavy atom. The van der Waals surface area contributed by atoms with Crippen LogP contribution < -0.4 is 4.90 Å². The van der Waals surface area contributed by atoms with Crippen molar-refractivity contribution in [3.8, 4) is 0 Å². The molecule has 16 heavy (non-hydrogen) atoms. The number of nitro groups is 1. The molecule has 4 nitrogen and oxygen atoms in total. The quantitative estimate of drug-likeness (QED) is 0.573. The number of benzene rings is 1. The van der Waals surface area contributed by atoms with Crippen LogP contribution in [0.3, 0.4) is 0 Å². The summed E-state index contributed by atoms with van der Waals surface area (Å²) in [5.41, 5.74) is -0.00810. The molecule has 1 unspecified atom stereocenters. The van der Waals surface area contributed by atoms with Crippen molar-refractivity contribution in [1.29, 1.82) is 0 Å². The summed E-state index contributed by atoms with van der Waals surface area (Å²) >= 11 is 0. The van der Waals surface area contributed by atoms with E-state index in [0.717, 1.165) is 25.5 Å². The van der Waals surface area contributed by atoms with E-state index in [-0.39, 0.29) is 6.04 Å². The van der Waals surface area contributed by atoms with Crippen LogP contribution in [0.2, 0.25) is 0 Å². The normalized spacial score (nSPS) is 20.1. The second-order valence-corrected chi connectivity index (χ2v) is 4.05. The molecule has 0 aromatic heterocycles.